The monoisotopic (exact) mass is 186 g/mol. The first-order valence-corrected chi connectivity index (χ1v) is 3.53. The molecular formula is C4H6N6O3. The normalized spacial score (nSPS) is 30.9. The minimum atomic E-state index is -0.609. The summed E-state index contributed by atoms with van der Waals surface area (Å²) >= 11 is 0. The Morgan fingerprint density at radius 3 is 2.00 bits per heavy atom. The smallest absolute Gasteiger partial charge is 0.313 e. The Bertz CT molecular complexity index is 245. The van der Waals surface area contributed by atoms with Crippen LogP contribution in [0, 0.1) is 9.81 Å². The van der Waals surface area contributed by atoms with Crippen LogP contribution in [0.15, 0.2) is 10.6 Å². The molecular weight excluding hydrogens is 180 g/mol. The average molecular weight is 186 g/mol. The molecule has 0 aromatic rings. The minimum Gasteiger partial charge on any atom is -0.313 e. The van der Waals surface area contributed by atoms with E-state index in [1.165, 1.54) is 0 Å². The molecule has 0 aromatic heterocycles. The van der Waals surface area contributed by atoms with Gasteiger partial charge in [0.15, 0.2) is 12.3 Å². The number of nitrogens with one attached hydrogen (secondary N) is 2. The molecule has 2 heterocycles. The number of amides is 2. The maximum atomic E-state index is 10.8. The third-order valence-corrected chi connectivity index (χ3v) is 2.00. The van der Waals surface area contributed by atoms with Gasteiger partial charge in [0.05, 0.1) is 10.6 Å². The maximum absolute atomic E-state index is 10.8. The van der Waals surface area contributed by atoms with Crippen LogP contribution in [0.5, 0.6) is 0 Å². The van der Waals surface area contributed by atoms with Crippen LogP contribution in [0.4, 0.5) is 4.79 Å². The van der Waals surface area contributed by atoms with E-state index < -0.39 is 18.4 Å². The average Bonchev–Trinajstić information content (AvgIpc) is 2.61. The first-order valence-electron chi connectivity index (χ1n) is 3.53. The quantitative estimate of drug-likeness (QED) is 0.532. The number of carbonyl (C=O) groups excluding carboxylic acids is 1. The van der Waals surface area contributed by atoms with Crippen LogP contribution in [0.25, 0.3) is 0 Å². The fourth-order valence-electron chi connectivity index (χ4n) is 1.42. The van der Waals surface area contributed by atoms with Crippen LogP contribution >= 0.6 is 0 Å². The zero-order chi connectivity index (χ0) is 9.42. The van der Waals surface area contributed by atoms with E-state index in [2.05, 4.69) is 21.2 Å². The Hall–Kier alpha value is -1.93. The van der Waals surface area contributed by atoms with Crippen LogP contribution in [-0.2, 0) is 0 Å². The molecule has 9 heteroatoms. The van der Waals surface area contributed by atoms with Gasteiger partial charge in [-0.05, 0) is 0 Å². The van der Waals surface area contributed by atoms with Crippen LogP contribution in [0.2, 0.25) is 0 Å². The summed E-state index contributed by atoms with van der Waals surface area (Å²) in [6.07, 6.45) is -1.22. The molecule has 13 heavy (non-hydrogen) atoms. The van der Waals surface area contributed by atoms with E-state index in [0.29, 0.717) is 0 Å². The van der Waals surface area contributed by atoms with Gasteiger partial charge in [0, 0.05) is 0 Å². The SMILES string of the molecule is O=NN1CN(N=O)[C@@H]2NC(=O)N[C@H]21. The molecule has 0 saturated carbocycles. The summed E-state index contributed by atoms with van der Waals surface area (Å²) < 4.78 is 0. The van der Waals surface area contributed by atoms with Crippen LogP contribution in [0.3, 0.4) is 0 Å². The number of hydrogen-bond acceptors (Lipinski definition) is 5. The lowest BCUT2D eigenvalue weighted by Gasteiger charge is -2.11. The molecule has 2 aliphatic heterocycles. The van der Waals surface area contributed by atoms with E-state index in [1.807, 2.05) is 0 Å². The molecule has 2 saturated heterocycles. The molecule has 2 aliphatic rings. The summed E-state index contributed by atoms with van der Waals surface area (Å²) in [5, 5.41) is 12.2. The highest BCUT2D eigenvalue weighted by atomic mass is 16.3. The van der Waals surface area contributed by atoms with Crippen molar-refractivity contribution >= 4 is 6.03 Å². The molecule has 0 radical (unpaired) electrons. The van der Waals surface area contributed by atoms with E-state index >= 15 is 0 Å². The predicted molar refractivity (Wildman–Crippen MR) is 39.4 cm³/mol. The number of nitroso groups, excluding NO2 is 2. The van der Waals surface area contributed by atoms with E-state index in [9.17, 15) is 14.6 Å². The molecule has 0 unspecified atom stereocenters. The van der Waals surface area contributed by atoms with E-state index in [0.717, 1.165) is 10.0 Å². The first kappa shape index (κ1) is 7.71. The number of fused-ring (bicyclic) bond motifs is 1. The van der Waals surface area contributed by atoms with E-state index in [1.54, 1.807) is 0 Å². The summed E-state index contributed by atoms with van der Waals surface area (Å²) in [5.41, 5.74) is 0. The van der Waals surface area contributed by atoms with Gasteiger partial charge >= 0.3 is 6.03 Å². The van der Waals surface area contributed by atoms with Gasteiger partial charge < -0.3 is 10.6 Å². The fraction of sp³-hybridized carbons (Fsp3) is 0.750. The van der Waals surface area contributed by atoms with Crippen molar-refractivity contribution in [3.8, 4) is 0 Å². The van der Waals surface area contributed by atoms with Gasteiger partial charge in [0.1, 0.15) is 6.67 Å². The molecule has 0 bridgehead atoms. The first-order chi connectivity index (χ1) is 6.26. The molecule has 0 aliphatic carbocycles. The van der Waals surface area contributed by atoms with Crippen molar-refractivity contribution in [1.82, 2.24) is 20.7 Å². The Morgan fingerprint density at radius 2 is 1.62 bits per heavy atom. The molecule has 2 atom stereocenters. The molecule has 2 amide bonds. The summed E-state index contributed by atoms with van der Waals surface area (Å²) in [6, 6.07) is -0.447. The molecule has 2 fully saturated rings. The zero-order valence-corrected chi connectivity index (χ0v) is 6.38. The third-order valence-electron chi connectivity index (χ3n) is 2.00. The van der Waals surface area contributed by atoms with E-state index in [4.69, 9.17) is 0 Å². The second-order valence-electron chi connectivity index (χ2n) is 2.69. The van der Waals surface area contributed by atoms with Gasteiger partial charge in [-0.1, -0.05) is 0 Å². The largest absolute Gasteiger partial charge is 0.318 e. The summed E-state index contributed by atoms with van der Waals surface area (Å²) in [6.45, 7) is -0.0182. The Balaban J connectivity index is 2.20. The standard InChI is InChI=1S/C4H6N6O3/c11-4-5-2-3(6-4)10(8-13)1-9(2)7-12/h2-3H,1H2,(H2,5,6,11)/t2-,3-/m0/s1. The second-order valence-corrected chi connectivity index (χ2v) is 2.69. The van der Waals surface area contributed by atoms with Crippen molar-refractivity contribution in [1.29, 1.82) is 0 Å². The Kier molecular flexibility index (Phi) is 1.50. The number of rotatable bonds is 2. The highest BCUT2D eigenvalue weighted by Gasteiger charge is 2.47. The lowest BCUT2D eigenvalue weighted by atomic mass is 10.4. The lowest BCUT2D eigenvalue weighted by molar-refractivity contribution is 0.195. The van der Waals surface area contributed by atoms with Gasteiger partial charge in [-0.15, -0.1) is 9.81 Å². The fourth-order valence-corrected chi connectivity index (χ4v) is 1.42. The number of hydrogen-bond donors (Lipinski definition) is 2. The number of nitrogens with zero attached hydrogens (tertiary/aromatic N) is 4. The predicted octanol–water partition coefficient (Wildman–Crippen LogP) is -1.11. The summed E-state index contributed by atoms with van der Waals surface area (Å²) in [5.74, 6) is 0. The van der Waals surface area contributed by atoms with E-state index in [-0.39, 0.29) is 6.67 Å². The van der Waals surface area contributed by atoms with Crippen molar-refractivity contribution in [3.63, 3.8) is 0 Å². The van der Waals surface area contributed by atoms with Crippen molar-refractivity contribution in [3.05, 3.63) is 9.81 Å². The molecule has 2 N–H and O–H groups in total. The topological polar surface area (TPSA) is 106 Å². The number of urea groups is 1. The number of carbonyl (C=O) groups is 1. The molecule has 0 spiro atoms. The Labute approximate surface area is 71.9 Å². The third kappa shape index (κ3) is 0.965. The maximum Gasteiger partial charge on any atom is 0.318 e. The van der Waals surface area contributed by atoms with Crippen LogP contribution in [0.1, 0.15) is 0 Å². The van der Waals surface area contributed by atoms with Gasteiger partial charge in [-0.2, -0.15) is 0 Å². The molecule has 0 aromatic carbocycles. The molecule has 2 rings (SSSR count). The minimum absolute atomic E-state index is 0.0182. The van der Waals surface area contributed by atoms with Gasteiger partial charge in [0.2, 0.25) is 0 Å². The van der Waals surface area contributed by atoms with Crippen molar-refractivity contribution in [2.75, 3.05) is 6.67 Å². The van der Waals surface area contributed by atoms with Crippen molar-refractivity contribution < 1.29 is 4.79 Å². The van der Waals surface area contributed by atoms with Crippen LogP contribution in [-0.4, -0.2) is 35.0 Å². The highest BCUT2D eigenvalue weighted by Crippen LogP contribution is 2.20. The van der Waals surface area contributed by atoms with Gasteiger partial charge in [0.25, 0.3) is 0 Å². The van der Waals surface area contributed by atoms with Crippen molar-refractivity contribution in [2.24, 2.45) is 10.6 Å². The molecule has 9 nitrogen and oxygen atoms in total. The highest BCUT2D eigenvalue weighted by molar-refractivity contribution is 5.77. The molecule has 70 valence electrons. The zero-order valence-electron chi connectivity index (χ0n) is 6.38. The summed E-state index contributed by atoms with van der Waals surface area (Å²) in [4.78, 5) is 31.3. The second kappa shape index (κ2) is 2.54. The van der Waals surface area contributed by atoms with Gasteiger partial charge in [-0.3, -0.25) is 0 Å². The lowest BCUT2D eigenvalue weighted by Crippen LogP contribution is -2.40. The van der Waals surface area contributed by atoms with Gasteiger partial charge in [-0.25, -0.2) is 14.8 Å². The Morgan fingerprint density at radius 1 is 1.15 bits per heavy atom. The summed E-state index contributed by atoms with van der Waals surface area (Å²) in [7, 11) is 0. The van der Waals surface area contributed by atoms with Crippen molar-refractivity contribution in [2.45, 2.75) is 12.3 Å². The van der Waals surface area contributed by atoms with Crippen LogP contribution < -0.4 is 10.6 Å².